The first kappa shape index (κ1) is 16.4. The number of nitrogens with one attached hydrogen (secondary N) is 1. The monoisotopic (exact) mass is 369 g/mol. The predicted octanol–water partition coefficient (Wildman–Crippen LogP) is 4.55. The van der Waals surface area contributed by atoms with Gasteiger partial charge < -0.3 is 10.1 Å². The van der Waals surface area contributed by atoms with Gasteiger partial charge in [0.2, 0.25) is 0 Å². The summed E-state index contributed by atoms with van der Waals surface area (Å²) in [4.78, 5) is 11.8. The van der Waals surface area contributed by atoms with Gasteiger partial charge in [0.25, 0.3) is 0 Å². The van der Waals surface area contributed by atoms with Gasteiger partial charge in [-0.3, -0.25) is 0 Å². The molecule has 2 aromatic heterocycles. The Morgan fingerprint density at radius 3 is 2.67 bits per heavy atom. The molecule has 2 heterocycles. The van der Waals surface area contributed by atoms with Crippen molar-refractivity contribution in [1.82, 2.24) is 9.97 Å². The van der Waals surface area contributed by atoms with Gasteiger partial charge in [-0.1, -0.05) is 6.92 Å². The van der Waals surface area contributed by atoms with Crippen molar-refractivity contribution in [3.63, 3.8) is 0 Å². The molecule has 2 aromatic rings. The third-order valence-electron chi connectivity index (χ3n) is 3.03. The maximum absolute atomic E-state index is 5.25. The Labute approximate surface area is 138 Å². The van der Waals surface area contributed by atoms with Crippen molar-refractivity contribution in [2.24, 2.45) is 0 Å². The van der Waals surface area contributed by atoms with Crippen molar-refractivity contribution in [3.05, 3.63) is 26.0 Å². The summed E-state index contributed by atoms with van der Waals surface area (Å²) in [5.74, 6) is 1.59. The minimum Gasteiger partial charge on any atom is -0.378 e. The highest BCUT2D eigenvalue weighted by molar-refractivity contribution is 9.10. The standard InChI is InChI=1S/C15H20BrN3OS/c1-5-6-17-15-13(16)12(8-20-4)18-14(19-15)11-7-9(2)21-10(11)3/h7H,5-6,8H2,1-4H3,(H,17,18,19). The van der Waals surface area contributed by atoms with Gasteiger partial charge in [-0.15, -0.1) is 11.3 Å². The molecule has 0 aliphatic heterocycles. The van der Waals surface area contributed by atoms with Gasteiger partial charge in [-0.2, -0.15) is 0 Å². The lowest BCUT2D eigenvalue weighted by Gasteiger charge is -2.12. The maximum atomic E-state index is 5.25. The smallest absolute Gasteiger partial charge is 0.163 e. The fraction of sp³-hybridized carbons (Fsp3) is 0.467. The largest absolute Gasteiger partial charge is 0.378 e. The molecule has 21 heavy (non-hydrogen) atoms. The fourth-order valence-corrected chi connectivity index (χ4v) is 3.41. The summed E-state index contributed by atoms with van der Waals surface area (Å²) in [7, 11) is 1.67. The number of hydrogen-bond donors (Lipinski definition) is 1. The van der Waals surface area contributed by atoms with Crippen molar-refractivity contribution >= 4 is 33.1 Å². The first-order chi connectivity index (χ1) is 10.1. The molecule has 0 atom stereocenters. The topological polar surface area (TPSA) is 47.0 Å². The number of thiophene rings is 1. The van der Waals surface area contributed by atoms with Crippen LogP contribution in [0.3, 0.4) is 0 Å². The van der Waals surface area contributed by atoms with Crippen LogP contribution in [0.1, 0.15) is 28.8 Å². The Balaban J connectivity index is 2.50. The van der Waals surface area contributed by atoms with E-state index in [1.165, 1.54) is 9.75 Å². The van der Waals surface area contributed by atoms with Crippen LogP contribution in [0.2, 0.25) is 0 Å². The molecule has 0 amide bonds. The number of ether oxygens (including phenoxy) is 1. The molecule has 0 radical (unpaired) electrons. The predicted molar refractivity (Wildman–Crippen MR) is 92.0 cm³/mol. The van der Waals surface area contributed by atoms with Gasteiger partial charge >= 0.3 is 0 Å². The Morgan fingerprint density at radius 1 is 1.33 bits per heavy atom. The Hall–Kier alpha value is -0.980. The first-order valence-electron chi connectivity index (χ1n) is 6.93. The molecule has 0 bridgehead atoms. The number of rotatable bonds is 6. The quantitative estimate of drug-likeness (QED) is 0.810. The van der Waals surface area contributed by atoms with Gasteiger partial charge in [-0.05, 0) is 42.3 Å². The highest BCUT2D eigenvalue weighted by Crippen LogP contribution is 2.32. The van der Waals surface area contributed by atoms with Crippen molar-refractivity contribution in [2.45, 2.75) is 33.8 Å². The molecule has 2 rings (SSSR count). The lowest BCUT2D eigenvalue weighted by molar-refractivity contribution is 0.181. The molecule has 0 aliphatic carbocycles. The number of halogens is 1. The van der Waals surface area contributed by atoms with E-state index in [2.05, 4.69) is 58.1 Å². The SMILES string of the molecule is CCCNc1nc(-c2cc(C)sc2C)nc(COC)c1Br. The van der Waals surface area contributed by atoms with Crippen molar-refractivity contribution < 1.29 is 4.74 Å². The number of aromatic nitrogens is 2. The van der Waals surface area contributed by atoms with Crippen molar-refractivity contribution in [2.75, 3.05) is 19.0 Å². The van der Waals surface area contributed by atoms with Crippen molar-refractivity contribution in [1.29, 1.82) is 0 Å². The number of aryl methyl sites for hydroxylation is 2. The number of methoxy groups -OCH3 is 1. The molecule has 6 heteroatoms. The molecule has 4 nitrogen and oxygen atoms in total. The van der Waals surface area contributed by atoms with E-state index in [0.29, 0.717) is 6.61 Å². The van der Waals surface area contributed by atoms with E-state index < -0.39 is 0 Å². The minimum atomic E-state index is 0.457. The molecule has 0 aromatic carbocycles. The number of nitrogens with zero attached hydrogens (tertiary/aromatic N) is 2. The molecular formula is C15H20BrN3OS. The molecule has 0 spiro atoms. The van der Waals surface area contributed by atoms with E-state index >= 15 is 0 Å². The first-order valence-corrected chi connectivity index (χ1v) is 8.54. The maximum Gasteiger partial charge on any atom is 0.163 e. The second-order valence-corrected chi connectivity index (χ2v) is 7.10. The summed E-state index contributed by atoms with van der Waals surface area (Å²) in [6, 6.07) is 2.14. The average molecular weight is 370 g/mol. The zero-order valence-corrected chi connectivity index (χ0v) is 15.2. The van der Waals surface area contributed by atoms with Crippen LogP contribution >= 0.6 is 27.3 Å². The third-order valence-corrected chi connectivity index (χ3v) is 4.82. The Bertz CT molecular complexity index is 628. The second kappa shape index (κ2) is 7.33. The van der Waals surface area contributed by atoms with Gasteiger partial charge in [0.05, 0.1) is 16.8 Å². The summed E-state index contributed by atoms with van der Waals surface area (Å²) >= 11 is 5.35. The lowest BCUT2D eigenvalue weighted by atomic mass is 10.2. The van der Waals surface area contributed by atoms with E-state index in [-0.39, 0.29) is 0 Å². The van der Waals surface area contributed by atoms with Crippen LogP contribution in [0.25, 0.3) is 11.4 Å². The van der Waals surface area contributed by atoms with E-state index in [1.807, 2.05) is 0 Å². The number of hydrogen-bond acceptors (Lipinski definition) is 5. The summed E-state index contributed by atoms with van der Waals surface area (Å²) in [5.41, 5.74) is 1.96. The molecule has 0 saturated heterocycles. The van der Waals surface area contributed by atoms with Gasteiger partial charge in [0, 0.05) is 29.0 Å². The summed E-state index contributed by atoms with van der Waals surface area (Å²) < 4.78 is 6.13. The highest BCUT2D eigenvalue weighted by atomic mass is 79.9. The molecule has 0 fully saturated rings. The molecule has 0 saturated carbocycles. The van der Waals surface area contributed by atoms with E-state index in [9.17, 15) is 0 Å². The van der Waals surface area contributed by atoms with Gasteiger partial charge in [-0.25, -0.2) is 9.97 Å². The fourth-order valence-electron chi connectivity index (χ4n) is 2.06. The van der Waals surface area contributed by atoms with Crippen LogP contribution < -0.4 is 5.32 Å². The normalized spacial score (nSPS) is 10.9. The zero-order chi connectivity index (χ0) is 15.4. The molecule has 114 valence electrons. The summed E-state index contributed by atoms with van der Waals surface area (Å²) in [6.07, 6.45) is 1.04. The van der Waals surface area contributed by atoms with Gasteiger partial charge in [0.15, 0.2) is 5.82 Å². The van der Waals surface area contributed by atoms with E-state index in [0.717, 1.165) is 40.3 Å². The summed E-state index contributed by atoms with van der Waals surface area (Å²) in [6.45, 7) is 7.67. The minimum absolute atomic E-state index is 0.457. The van der Waals surface area contributed by atoms with E-state index in [1.54, 1.807) is 18.4 Å². The van der Waals surface area contributed by atoms with Crippen LogP contribution in [0.5, 0.6) is 0 Å². The Kier molecular flexibility index (Phi) is 5.72. The van der Waals surface area contributed by atoms with E-state index in [4.69, 9.17) is 4.74 Å². The third kappa shape index (κ3) is 3.81. The van der Waals surface area contributed by atoms with Crippen LogP contribution in [0.4, 0.5) is 5.82 Å². The van der Waals surface area contributed by atoms with Crippen molar-refractivity contribution in [3.8, 4) is 11.4 Å². The Morgan fingerprint density at radius 2 is 2.10 bits per heavy atom. The van der Waals surface area contributed by atoms with Crippen LogP contribution in [0, 0.1) is 13.8 Å². The lowest BCUT2D eigenvalue weighted by Crippen LogP contribution is -2.08. The number of anilines is 1. The molecular weight excluding hydrogens is 350 g/mol. The zero-order valence-electron chi connectivity index (χ0n) is 12.8. The molecule has 1 N–H and O–H groups in total. The van der Waals surface area contributed by atoms with Crippen LogP contribution in [-0.2, 0) is 11.3 Å². The van der Waals surface area contributed by atoms with Crippen LogP contribution in [0.15, 0.2) is 10.5 Å². The van der Waals surface area contributed by atoms with Gasteiger partial charge in [0.1, 0.15) is 5.82 Å². The molecule has 0 aliphatic rings. The molecule has 0 unspecified atom stereocenters. The average Bonchev–Trinajstić information content (AvgIpc) is 2.79. The van der Waals surface area contributed by atoms with Crippen LogP contribution in [-0.4, -0.2) is 23.6 Å². The summed E-state index contributed by atoms with van der Waals surface area (Å²) in [5, 5.41) is 3.35. The highest BCUT2D eigenvalue weighted by Gasteiger charge is 2.15. The second-order valence-electron chi connectivity index (χ2n) is 4.84.